The monoisotopic (exact) mass is 316 g/mol. The maximum Gasteiger partial charge on any atom is 0.186 e. The Morgan fingerprint density at radius 3 is 2.45 bits per heavy atom. The third-order valence-corrected chi connectivity index (χ3v) is 3.29. The van der Waals surface area contributed by atoms with Crippen LogP contribution in [0.3, 0.4) is 0 Å². The van der Waals surface area contributed by atoms with Crippen LogP contribution in [0.15, 0.2) is 10.2 Å². The van der Waals surface area contributed by atoms with Crippen LogP contribution in [0, 0.1) is 0 Å². The quantitative estimate of drug-likeness (QED) is 0.220. The molecule has 1 atom stereocenters. The highest BCUT2D eigenvalue weighted by Gasteiger charge is 2.15. The van der Waals surface area contributed by atoms with Gasteiger partial charge < -0.3 is 5.32 Å². The van der Waals surface area contributed by atoms with Gasteiger partial charge in [-0.15, -0.1) is 12.6 Å². The third-order valence-electron chi connectivity index (χ3n) is 2.76. The normalized spacial score (nSPS) is 20.8. The average Bonchev–Trinajstić information content (AvgIpc) is 2.44. The first-order valence-electron chi connectivity index (χ1n) is 7.01. The standard InChI is InChI=1S/C12H24N6S2/c1-3-13-11(19)17-15-9-7-5-6-8-10(9)16-18-12(20)14-4-2/h11,13,17,19H,3-8H2,1-2H3,(H2,14,18,20)/b15-9+,16-10+. The molecule has 114 valence electrons. The number of nitrogens with one attached hydrogen (secondary N) is 4. The molecule has 0 heterocycles. The van der Waals surface area contributed by atoms with Crippen LogP contribution in [0.1, 0.15) is 39.5 Å². The SMILES string of the molecule is CCNC(=S)N/N=C1\CCCC\C1=N/NC(S)NCC. The van der Waals surface area contributed by atoms with Gasteiger partial charge in [0.2, 0.25) is 0 Å². The molecule has 8 heteroatoms. The molecule has 0 amide bonds. The van der Waals surface area contributed by atoms with E-state index >= 15 is 0 Å². The zero-order valence-corrected chi connectivity index (χ0v) is 13.8. The summed E-state index contributed by atoms with van der Waals surface area (Å²) < 4.78 is 0. The Balaban J connectivity index is 2.59. The van der Waals surface area contributed by atoms with Gasteiger partial charge in [-0.2, -0.15) is 10.2 Å². The molecule has 0 bridgehead atoms. The van der Waals surface area contributed by atoms with Crippen molar-refractivity contribution in [3.63, 3.8) is 0 Å². The van der Waals surface area contributed by atoms with Crippen molar-refractivity contribution in [1.29, 1.82) is 0 Å². The molecule has 0 spiro atoms. The van der Waals surface area contributed by atoms with Gasteiger partial charge in [-0.1, -0.05) is 6.92 Å². The van der Waals surface area contributed by atoms with Gasteiger partial charge in [-0.25, -0.2) is 0 Å². The van der Waals surface area contributed by atoms with E-state index in [4.69, 9.17) is 12.2 Å². The summed E-state index contributed by atoms with van der Waals surface area (Å²) in [7, 11) is 0. The molecule has 1 unspecified atom stereocenters. The van der Waals surface area contributed by atoms with Gasteiger partial charge in [0.25, 0.3) is 0 Å². The topological polar surface area (TPSA) is 72.8 Å². The highest BCUT2D eigenvalue weighted by atomic mass is 32.1. The van der Waals surface area contributed by atoms with Gasteiger partial charge in [0, 0.05) is 6.54 Å². The van der Waals surface area contributed by atoms with Crippen LogP contribution in [0.25, 0.3) is 0 Å². The fourth-order valence-corrected chi connectivity index (χ4v) is 2.24. The zero-order valence-electron chi connectivity index (χ0n) is 12.1. The summed E-state index contributed by atoms with van der Waals surface area (Å²) in [4.78, 5) is 0. The largest absolute Gasteiger partial charge is 0.362 e. The Labute approximate surface area is 131 Å². The second-order valence-corrected chi connectivity index (χ2v) is 5.31. The van der Waals surface area contributed by atoms with Crippen molar-refractivity contribution in [2.45, 2.75) is 45.0 Å². The van der Waals surface area contributed by atoms with Crippen LogP contribution in [0.2, 0.25) is 0 Å². The van der Waals surface area contributed by atoms with Crippen LogP contribution in [-0.2, 0) is 0 Å². The second kappa shape index (κ2) is 9.95. The van der Waals surface area contributed by atoms with E-state index in [1.54, 1.807) is 0 Å². The molecule has 1 aliphatic carbocycles. The van der Waals surface area contributed by atoms with Gasteiger partial charge in [-0.05, 0) is 51.4 Å². The minimum Gasteiger partial charge on any atom is -0.362 e. The Morgan fingerprint density at radius 1 is 1.20 bits per heavy atom. The Kier molecular flexibility index (Phi) is 8.56. The van der Waals surface area contributed by atoms with E-state index in [2.05, 4.69) is 44.3 Å². The van der Waals surface area contributed by atoms with E-state index in [0.717, 1.165) is 50.2 Å². The molecular weight excluding hydrogens is 292 g/mol. The van der Waals surface area contributed by atoms with Crippen molar-refractivity contribution in [3.05, 3.63) is 0 Å². The summed E-state index contributed by atoms with van der Waals surface area (Å²) in [5.41, 5.74) is 7.63. The molecule has 0 aliphatic heterocycles. The Morgan fingerprint density at radius 2 is 1.85 bits per heavy atom. The number of nitrogens with zero attached hydrogens (tertiary/aromatic N) is 2. The van der Waals surface area contributed by atoms with E-state index in [1.165, 1.54) is 0 Å². The first-order chi connectivity index (χ1) is 9.67. The molecular formula is C12H24N6S2. The molecule has 1 saturated carbocycles. The molecule has 1 aliphatic rings. The summed E-state index contributed by atoms with van der Waals surface area (Å²) >= 11 is 9.43. The number of rotatable bonds is 6. The summed E-state index contributed by atoms with van der Waals surface area (Å²) in [6.45, 7) is 5.64. The van der Waals surface area contributed by atoms with E-state index < -0.39 is 0 Å². The van der Waals surface area contributed by atoms with Crippen molar-refractivity contribution < 1.29 is 0 Å². The minimum absolute atomic E-state index is 0.147. The lowest BCUT2D eigenvalue weighted by atomic mass is 9.96. The molecule has 0 aromatic carbocycles. The summed E-state index contributed by atoms with van der Waals surface area (Å²) in [5, 5.41) is 15.4. The number of hydrazone groups is 2. The first-order valence-corrected chi connectivity index (χ1v) is 7.94. The molecule has 1 fully saturated rings. The van der Waals surface area contributed by atoms with Crippen molar-refractivity contribution in [3.8, 4) is 0 Å². The van der Waals surface area contributed by atoms with E-state index in [-0.39, 0.29) is 5.50 Å². The summed E-state index contributed by atoms with van der Waals surface area (Å²) in [6.07, 6.45) is 4.11. The molecule has 0 saturated heterocycles. The average molecular weight is 316 g/mol. The lowest BCUT2D eigenvalue weighted by molar-refractivity contribution is 0.579. The van der Waals surface area contributed by atoms with Crippen LogP contribution in [0.5, 0.6) is 0 Å². The molecule has 6 nitrogen and oxygen atoms in total. The van der Waals surface area contributed by atoms with Gasteiger partial charge in [0.1, 0.15) is 5.50 Å². The smallest absolute Gasteiger partial charge is 0.186 e. The molecule has 0 aromatic heterocycles. The van der Waals surface area contributed by atoms with Crippen LogP contribution in [-0.4, -0.2) is 35.1 Å². The third kappa shape index (κ3) is 6.53. The second-order valence-electron chi connectivity index (χ2n) is 4.38. The van der Waals surface area contributed by atoms with Crippen LogP contribution in [0.4, 0.5) is 0 Å². The van der Waals surface area contributed by atoms with Gasteiger partial charge in [-0.3, -0.25) is 16.2 Å². The summed E-state index contributed by atoms with van der Waals surface area (Å²) in [6, 6.07) is 0. The maximum absolute atomic E-state index is 5.09. The zero-order chi connectivity index (χ0) is 14.8. The van der Waals surface area contributed by atoms with Crippen molar-refractivity contribution in [2.24, 2.45) is 10.2 Å². The highest BCUT2D eigenvalue weighted by molar-refractivity contribution is 7.80. The number of hydrogen-bond donors (Lipinski definition) is 5. The summed E-state index contributed by atoms with van der Waals surface area (Å²) in [5.74, 6) is 0. The fraction of sp³-hybridized carbons (Fsp3) is 0.750. The lowest BCUT2D eigenvalue weighted by Gasteiger charge is -2.18. The van der Waals surface area contributed by atoms with E-state index in [1.807, 2.05) is 13.8 Å². The van der Waals surface area contributed by atoms with Crippen molar-refractivity contribution in [2.75, 3.05) is 13.1 Å². The predicted octanol–water partition coefficient (Wildman–Crippen LogP) is 1.17. The molecule has 1 rings (SSSR count). The van der Waals surface area contributed by atoms with Gasteiger partial charge >= 0.3 is 0 Å². The Hall–Kier alpha value is -0.860. The van der Waals surface area contributed by atoms with Crippen molar-refractivity contribution in [1.82, 2.24) is 21.5 Å². The molecule has 20 heavy (non-hydrogen) atoms. The van der Waals surface area contributed by atoms with E-state index in [0.29, 0.717) is 5.11 Å². The van der Waals surface area contributed by atoms with Gasteiger partial charge in [0.05, 0.1) is 11.4 Å². The first kappa shape index (κ1) is 17.2. The fourth-order valence-electron chi connectivity index (χ4n) is 1.81. The number of thiocarbonyl (C=S) groups is 1. The highest BCUT2D eigenvalue weighted by Crippen LogP contribution is 2.13. The number of thiol groups is 1. The molecule has 0 aromatic rings. The maximum atomic E-state index is 5.09. The predicted molar refractivity (Wildman–Crippen MR) is 92.3 cm³/mol. The van der Waals surface area contributed by atoms with Gasteiger partial charge in [0.15, 0.2) is 5.11 Å². The minimum atomic E-state index is -0.147. The van der Waals surface area contributed by atoms with Crippen LogP contribution < -0.4 is 21.5 Å². The molecule has 0 radical (unpaired) electrons. The number of hydrogen-bond acceptors (Lipinski definition) is 6. The van der Waals surface area contributed by atoms with Crippen molar-refractivity contribution >= 4 is 41.4 Å². The molecule has 4 N–H and O–H groups in total. The van der Waals surface area contributed by atoms with E-state index in [9.17, 15) is 0 Å². The Bertz CT molecular complexity index is 369. The van der Waals surface area contributed by atoms with Crippen LogP contribution >= 0.6 is 24.8 Å². The lowest BCUT2D eigenvalue weighted by Crippen LogP contribution is -2.37.